The van der Waals surface area contributed by atoms with E-state index in [0.717, 1.165) is 5.69 Å². The number of hydrogen-bond donors (Lipinski definition) is 2. The zero-order valence-corrected chi connectivity index (χ0v) is 18.3. The minimum Gasteiger partial charge on any atom is -0.330 e. The maximum absolute atomic E-state index is 14.0. The van der Waals surface area contributed by atoms with Crippen LogP contribution in [0.5, 0.6) is 0 Å². The molecule has 9 heteroatoms. The normalized spacial score (nSPS) is 10.8. The highest BCUT2D eigenvalue weighted by Crippen LogP contribution is 2.20. The highest BCUT2D eigenvalue weighted by Gasteiger charge is 2.10. The van der Waals surface area contributed by atoms with Crippen molar-refractivity contribution in [2.24, 2.45) is 0 Å². The second-order valence-electron chi connectivity index (χ2n) is 7.03. The van der Waals surface area contributed by atoms with Gasteiger partial charge in [-0.25, -0.2) is 4.39 Å². The fraction of sp³-hybridized carbons (Fsp3) is 0.136. The summed E-state index contributed by atoms with van der Waals surface area (Å²) in [5.41, 5.74) is 3.58. The number of hydrogen-bond acceptors (Lipinski definition) is 3. The molecule has 4 aromatic rings. The van der Waals surface area contributed by atoms with E-state index in [9.17, 15) is 4.39 Å². The topological polar surface area (TPSA) is 59.7 Å². The zero-order valence-electron chi connectivity index (χ0n) is 16.7. The summed E-state index contributed by atoms with van der Waals surface area (Å²) >= 11 is 11.5. The summed E-state index contributed by atoms with van der Waals surface area (Å²) in [6.45, 7) is 2.98. The van der Waals surface area contributed by atoms with Gasteiger partial charge < -0.3 is 10.6 Å². The first-order chi connectivity index (χ1) is 15.0. The number of halogens is 2. The fourth-order valence-corrected chi connectivity index (χ4v) is 3.56. The van der Waals surface area contributed by atoms with Crippen molar-refractivity contribution < 1.29 is 4.39 Å². The smallest absolute Gasteiger partial charge is 0.176 e. The lowest BCUT2D eigenvalue weighted by molar-refractivity contribution is 0.586. The Morgan fingerprint density at radius 3 is 2.71 bits per heavy atom. The van der Waals surface area contributed by atoms with Crippen molar-refractivity contribution in [3.05, 3.63) is 94.7 Å². The quantitative estimate of drug-likeness (QED) is 0.397. The standard InChI is InChI=1S/C22H20ClFN6S/c1-15-5-2-3-6-16(15)12-30-13-17(11-25-30)26-22(31)27-21-9-10-29(28-21)14-18-19(23)7-4-8-20(18)24/h2-11,13H,12,14H2,1H3,(H2,26,27,28,31). The monoisotopic (exact) mass is 454 g/mol. The molecule has 0 saturated heterocycles. The summed E-state index contributed by atoms with van der Waals surface area (Å²) < 4.78 is 17.4. The lowest BCUT2D eigenvalue weighted by Gasteiger charge is -2.08. The lowest BCUT2D eigenvalue weighted by atomic mass is 10.1. The van der Waals surface area contributed by atoms with Crippen molar-refractivity contribution >= 4 is 40.4 Å². The first-order valence-corrected chi connectivity index (χ1v) is 10.4. The SMILES string of the molecule is Cc1ccccc1Cn1cc(NC(=S)Nc2ccn(Cc3c(F)cccc3Cl)n2)cn1. The van der Waals surface area contributed by atoms with Gasteiger partial charge in [-0.3, -0.25) is 9.36 Å². The number of nitrogens with zero attached hydrogens (tertiary/aromatic N) is 4. The number of anilines is 2. The van der Waals surface area contributed by atoms with Crippen LogP contribution in [0.2, 0.25) is 5.02 Å². The molecular formula is C22H20ClFN6S. The summed E-state index contributed by atoms with van der Waals surface area (Å²) in [5, 5.41) is 15.6. The molecule has 2 aromatic carbocycles. The molecule has 0 aliphatic rings. The van der Waals surface area contributed by atoms with E-state index in [0.29, 0.717) is 28.1 Å². The fourth-order valence-electron chi connectivity index (χ4n) is 3.12. The molecule has 0 fully saturated rings. The van der Waals surface area contributed by atoms with Crippen molar-refractivity contribution in [3.8, 4) is 0 Å². The average Bonchev–Trinajstić information content (AvgIpc) is 3.36. The molecule has 2 N–H and O–H groups in total. The van der Waals surface area contributed by atoms with E-state index in [1.807, 2.05) is 23.0 Å². The van der Waals surface area contributed by atoms with Gasteiger partial charge in [-0.05, 0) is 42.4 Å². The Morgan fingerprint density at radius 1 is 1.06 bits per heavy atom. The number of rotatable bonds is 6. The molecular weight excluding hydrogens is 435 g/mol. The molecule has 0 atom stereocenters. The van der Waals surface area contributed by atoms with Crippen LogP contribution in [0.3, 0.4) is 0 Å². The minimum atomic E-state index is -0.364. The average molecular weight is 455 g/mol. The van der Waals surface area contributed by atoms with Crippen LogP contribution in [-0.2, 0) is 13.1 Å². The largest absolute Gasteiger partial charge is 0.330 e. The van der Waals surface area contributed by atoms with E-state index in [4.69, 9.17) is 23.8 Å². The van der Waals surface area contributed by atoms with E-state index in [-0.39, 0.29) is 12.4 Å². The van der Waals surface area contributed by atoms with E-state index >= 15 is 0 Å². The maximum Gasteiger partial charge on any atom is 0.176 e. The van der Waals surface area contributed by atoms with E-state index < -0.39 is 0 Å². The predicted molar refractivity (Wildman–Crippen MR) is 125 cm³/mol. The molecule has 0 bridgehead atoms. The molecule has 0 aliphatic heterocycles. The third-order valence-electron chi connectivity index (χ3n) is 4.75. The van der Waals surface area contributed by atoms with Crippen LogP contribution in [0.15, 0.2) is 67.1 Å². The van der Waals surface area contributed by atoms with Gasteiger partial charge in [-0.15, -0.1) is 0 Å². The van der Waals surface area contributed by atoms with Crippen LogP contribution in [0.1, 0.15) is 16.7 Å². The van der Waals surface area contributed by atoms with Crippen LogP contribution in [0, 0.1) is 12.7 Å². The summed E-state index contributed by atoms with van der Waals surface area (Å²) in [6.07, 6.45) is 5.33. The number of thiocarbonyl (C=S) groups is 1. The summed E-state index contributed by atoms with van der Waals surface area (Å²) in [6, 6.07) is 14.6. The van der Waals surface area contributed by atoms with E-state index in [2.05, 4.69) is 39.9 Å². The number of aromatic nitrogens is 4. The molecule has 0 amide bonds. The van der Waals surface area contributed by atoms with Crippen molar-refractivity contribution in [1.29, 1.82) is 0 Å². The molecule has 2 heterocycles. The molecule has 0 aliphatic carbocycles. The van der Waals surface area contributed by atoms with Gasteiger partial charge in [0.15, 0.2) is 10.9 Å². The Bertz CT molecular complexity index is 1200. The molecule has 6 nitrogen and oxygen atoms in total. The molecule has 31 heavy (non-hydrogen) atoms. The second kappa shape index (κ2) is 9.28. The highest BCUT2D eigenvalue weighted by atomic mass is 35.5. The van der Waals surface area contributed by atoms with Crippen LogP contribution in [-0.4, -0.2) is 24.7 Å². The van der Waals surface area contributed by atoms with Crippen molar-refractivity contribution in [2.45, 2.75) is 20.0 Å². The van der Waals surface area contributed by atoms with E-state index in [1.54, 1.807) is 35.3 Å². The Balaban J connectivity index is 1.35. The molecule has 0 radical (unpaired) electrons. The second-order valence-corrected chi connectivity index (χ2v) is 7.85. The summed E-state index contributed by atoms with van der Waals surface area (Å²) in [5.74, 6) is 0.176. The Hall–Kier alpha value is -3.23. The van der Waals surface area contributed by atoms with Crippen molar-refractivity contribution in [3.63, 3.8) is 0 Å². The lowest BCUT2D eigenvalue weighted by Crippen LogP contribution is -2.19. The Kier molecular flexibility index (Phi) is 6.29. The van der Waals surface area contributed by atoms with Gasteiger partial charge >= 0.3 is 0 Å². The molecule has 0 spiro atoms. The molecule has 2 aromatic heterocycles. The summed E-state index contributed by atoms with van der Waals surface area (Å²) in [7, 11) is 0. The first-order valence-electron chi connectivity index (χ1n) is 9.59. The first kappa shape index (κ1) is 21.0. The Morgan fingerprint density at radius 2 is 1.90 bits per heavy atom. The maximum atomic E-state index is 14.0. The summed E-state index contributed by atoms with van der Waals surface area (Å²) in [4.78, 5) is 0. The van der Waals surface area contributed by atoms with Gasteiger partial charge in [0, 0.05) is 29.0 Å². The third kappa shape index (κ3) is 5.28. The molecule has 158 valence electrons. The number of aryl methyl sites for hydroxylation is 1. The van der Waals surface area contributed by atoms with Gasteiger partial charge in [0.1, 0.15) is 5.82 Å². The minimum absolute atomic E-state index is 0.221. The molecule has 4 rings (SSSR count). The van der Waals surface area contributed by atoms with Gasteiger partial charge in [-0.2, -0.15) is 10.2 Å². The predicted octanol–water partition coefficient (Wildman–Crippen LogP) is 5.09. The van der Waals surface area contributed by atoms with Gasteiger partial charge in [0.05, 0.1) is 25.0 Å². The van der Waals surface area contributed by atoms with Crippen molar-refractivity contribution in [2.75, 3.05) is 10.6 Å². The molecule has 0 unspecified atom stereocenters. The van der Waals surface area contributed by atoms with Gasteiger partial charge in [0.25, 0.3) is 0 Å². The van der Waals surface area contributed by atoms with Gasteiger partial charge in [-0.1, -0.05) is 41.9 Å². The number of nitrogens with one attached hydrogen (secondary N) is 2. The van der Waals surface area contributed by atoms with Crippen LogP contribution in [0.25, 0.3) is 0 Å². The zero-order chi connectivity index (χ0) is 21.8. The Labute approximate surface area is 189 Å². The third-order valence-corrected chi connectivity index (χ3v) is 5.31. The van der Waals surface area contributed by atoms with Gasteiger partial charge in [0.2, 0.25) is 0 Å². The highest BCUT2D eigenvalue weighted by molar-refractivity contribution is 7.80. The van der Waals surface area contributed by atoms with Crippen LogP contribution in [0.4, 0.5) is 15.9 Å². The van der Waals surface area contributed by atoms with Crippen molar-refractivity contribution in [1.82, 2.24) is 19.6 Å². The van der Waals surface area contributed by atoms with Crippen LogP contribution < -0.4 is 10.6 Å². The van der Waals surface area contributed by atoms with E-state index in [1.165, 1.54) is 17.2 Å². The molecule has 0 saturated carbocycles. The van der Waals surface area contributed by atoms with Crippen LogP contribution >= 0.6 is 23.8 Å². The number of benzene rings is 2.